The summed E-state index contributed by atoms with van der Waals surface area (Å²) in [6, 6.07) is 0. The second-order valence-electron chi connectivity index (χ2n) is 6.14. The normalized spacial score (nSPS) is 10.9. The van der Waals surface area contributed by atoms with E-state index < -0.39 is 0 Å². The van der Waals surface area contributed by atoms with E-state index in [-0.39, 0.29) is 18.0 Å². The molecule has 0 aromatic rings. The molecule has 0 spiro atoms. The first kappa shape index (κ1) is 25.7. The van der Waals surface area contributed by atoms with Gasteiger partial charge in [-0.1, -0.05) is 66.0 Å². The van der Waals surface area contributed by atoms with Gasteiger partial charge in [-0.25, -0.2) is 9.59 Å². The van der Waals surface area contributed by atoms with Crippen molar-refractivity contribution in [2.45, 2.75) is 91.6 Å². The lowest BCUT2D eigenvalue weighted by molar-refractivity contribution is -0.143. The summed E-state index contributed by atoms with van der Waals surface area (Å²) in [5.41, 5.74) is 0.477. The Balaban J connectivity index is 0. The SMILES string of the molecule is C=C(C)C(=O)OCCCCCC.C=CC(=O)OC(CC)CCCCC. The zero-order valence-corrected chi connectivity index (χ0v) is 16.8. The third-order valence-electron chi connectivity index (χ3n) is 3.61. The number of carbonyl (C=O) groups excluding carboxylic acids is 2. The Morgan fingerprint density at radius 1 is 1.00 bits per heavy atom. The lowest BCUT2D eigenvalue weighted by Gasteiger charge is -2.14. The van der Waals surface area contributed by atoms with E-state index in [1.165, 1.54) is 31.8 Å². The van der Waals surface area contributed by atoms with Crippen LogP contribution in [0, 0.1) is 0 Å². The number of hydrogen-bond acceptors (Lipinski definition) is 4. The lowest BCUT2D eigenvalue weighted by Crippen LogP contribution is -2.15. The van der Waals surface area contributed by atoms with Crippen LogP contribution >= 0.6 is 0 Å². The van der Waals surface area contributed by atoms with Gasteiger partial charge in [0.15, 0.2) is 0 Å². The second-order valence-corrected chi connectivity index (χ2v) is 6.14. The van der Waals surface area contributed by atoms with Crippen molar-refractivity contribution in [3.05, 3.63) is 24.8 Å². The van der Waals surface area contributed by atoms with Gasteiger partial charge < -0.3 is 9.47 Å². The summed E-state index contributed by atoms with van der Waals surface area (Å²) in [4.78, 5) is 21.7. The van der Waals surface area contributed by atoms with E-state index in [9.17, 15) is 9.59 Å². The van der Waals surface area contributed by atoms with Crippen LogP contribution in [0.1, 0.15) is 85.5 Å². The quantitative estimate of drug-likeness (QED) is 0.240. The van der Waals surface area contributed by atoms with Gasteiger partial charge in [-0.05, 0) is 32.6 Å². The number of ether oxygens (including phenoxy) is 2. The fourth-order valence-electron chi connectivity index (χ4n) is 2.00. The van der Waals surface area contributed by atoms with Crippen LogP contribution < -0.4 is 0 Å². The zero-order chi connectivity index (χ0) is 19.5. The summed E-state index contributed by atoms with van der Waals surface area (Å²) in [6.45, 7) is 15.4. The highest BCUT2D eigenvalue weighted by atomic mass is 16.5. The molecular formula is C21H38O4. The topological polar surface area (TPSA) is 52.6 Å². The smallest absolute Gasteiger partial charge is 0.333 e. The molecule has 0 saturated heterocycles. The fourth-order valence-corrected chi connectivity index (χ4v) is 2.00. The van der Waals surface area contributed by atoms with Crippen molar-refractivity contribution in [1.29, 1.82) is 0 Å². The predicted octanol–water partition coefficient (Wildman–Crippen LogP) is 5.76. The molecule has 0 aliphatic rings. The van der Waals surface area contributed by atoms with Crippen LogP contribution in [0.4, 0.5) is 0 Å². The van der Waals surface area contributed by atoms with Gasteiger partial charge in [0.25, 0.3) is 0 Å². The Hall–Kier alpha value is -1.58. The van der Waals surface area contributed by atoms with Crippen LogP contribution in [0.5, 0.6) is 0 Å². The fraction of sp³-hybridized carbons (Fsp3) is 0.714. The van der Waals surface area contributed by atoms with Crippen molar-refractivity contribution in [3.63, 3.8) is 0 Å². The number of carbonyl (C=O) groups is 2. The molecule has 0 rings (SSSR count). The van der Waals surface area contributed by atoms with E-state index in [1.54, 1.807) is 6.92 Å². The van der Waals surface area contributed by atoms with Crippen molar-refractivity contribution in [1.82, 2.24) is 0 Å². The van der Waals surface area contributed by atoms with Gasteiger partial charge in [0.05, 0.1) is 6.61 Å². The second kappa shape index (κ2) is 18.8. The lowest BCUT2D eigenvalue weighted by atomic mass is 10.1. The summed E-state index contributed by atoms with van der Waals surface area (Å²) >= 11 is 0. The molecule has 0 aromatic heterocycles. The molecule has 4 heteroatoms. The molecular weight excluding hydrogens is 316 g/mol. The van der Waals surface area contributed by atoms with Gasteiger partial charge in [-0.15, -0.1) is 0 Å². The van der Waals surface area contributed by atoms with Gasteiger partial charge >= 0.3 is 11.9 Å². The zero-order valence-electron chi connectivity index (χ0n) is 16.8. The van der Waals surface area contributed by atoms with E-state index in [0.29, 0.717) is 12.2 Å². The van der Waals surface area contributed by atoms with Gasteiger partial charge in [0, 0.05) is 11.6 Å². The van der Waals surface area contributed by atoms with Crippen LogP contribution in [0.3, 0.4) is 0 Å². The van der Waals surface area contributed by atoms with Crippen molar-refractivity contribution in [3.8, 4) is 0 Å². The minimum atomic E-state index is -0.302. The maximum absolute atomic E-state index is 10.9. The van der Waals surface area contributed by atoms with Crippen molar-refractivity contribution in [2.24, 2.45) is 0 Å². The van der Waals surface area contributed by atoms with Crippen molar-refractivity contribution < 1.29 is 19.1 Å². The molecule has 4 nitrogen and oxygen atoms in total. The first-order chi connectivity index (χ1) is 11.9. The molecule has 0 heterocycles. The van der Waals surface area contributed by atoms with Crippen LogP contribution in [0.2, 0.25) is 0 Å². The molecule has 0 N–H and O–H groups in total. The van der Waals surface area contributed by atoms with E-state index >= 15 is 0 Å². The molecule has 0 amide bonds. The molecule has 0 aromatic carbocycles. The Kier molecular flexibility index (Phi) is 19.2. The summed E-state index contributed by atoms with van der Waals surface area (Å²) in [6.07, 6.45) is 11.2. The number of unbranched alkanes of at least 4 members (excludes halogenated alkanes) is 5. The summed E-state index contributed by atoms with van der Waals surface area (Å²) < 4.78 is 10.0. The molecule has 146 valence electrons. The van der Waals surface area contributed by atoms with Crippen molar-refractivity contribution >= 4 is 11.9 Å². The number of rotatable bonds is 13. The Morgan fingerprint density at radius 2 is 1.60 bits per heavy atom. The molecule has 0 radical (unpaired) electrons. The Bertz CT molecular complexity index is 374. The minimum absolute atomic E-state index is 0.0806. The first-order valence-electron chi connectivity index (χ1n) is 9.58. The van der Waals surface area contributed by atoms with Gasteiger partial charge in [0.1, 0.15) is 6.10 Å². The molecule has 0 saturated carbocycles. The summed E-state index contributed by atoms with van der Waals surface area (Å²) in [7, 11) is 0. The maximum atomic E-state index is 10.9. The van der Waals surface area contributed by atoms with E-state index in [0.717, 1.165) is 32.1 Å². The summed E-state index contributed by atoms with van der Waals surface area (Å²) in [5.74, 6) is -0.574. The molecule has 1 unspecified atom stereocenters. The van der Waals surface area contributed by atoms with Gasteiger partial charge in [0.2, 0.25) is 0 Å². The molecule has 0 fully saturated rings. The Morgan fingerprint density at radius 3 is 2.08 bits per heavy atom. The van der Waals surface area contributed by atoms with E-state index in [4.69, 9.17) is 9.47 Å². The Labute approximate surface area is 154 Å². The molecule has 1 atom stereocenters. The highest BCUT2D eigenvalue weighted by Crippen LogP contribution is 2.10. The van der Waals surface area contributed by atoms with Gasteiger partial charge in [-0.2, -0.15) is 0 Å². The molecule has 0 bridgehead atoms. The third kappa shape index (κ3) is 18.6. The highest BCUT2D eigenvalue weighted by molar-refractivity contribution is 5.86. The van der Waals surface area contributed by atoms with Crippen molar-refractivity contribution in [2.75, 3.05) is 6.61 Å². The average molecular weight is 355 g/mol. The predicted molar refractivity (Wildman–Crippen MR) is 104 cm³/mol. The van der Waals surface area contributed by atoms with Crippen LogP contribution in [0.25, 0.3) is 0 Å². The molecule has 0 aliphatic heterocycles. The van der Waals surface area contributed by atoms with Gasteiger partial charge in [-0.3, -0.25) is 0 Å². The number of esters is 2. The van der Waals surface area contributed by atoms with Crippen LogP contribution in [-0.4, -0.2) is 24.6 Å². The average Bonchev–Trinajstić information content (AvgIpc) is 2.60. The molecule has 25 heavy (non-hydrogen) atoms. The van der Waals surface area contributed by atoms with E-state index in [2.05, 4.69) is 27.0 Å². The minimum Gasteiger partial charge on any atom is -0.462 e. The monoisotopic (exact) mass is 354 g/mol. The summed E-state index contributed by atoms with van der Waals surface area (Å²) in [5, 5.41) is 0. The standard InChI is InChI=1S/C11H20O2.C10H18O2/c1-4-7-8-9-10(5-2)13-11(12)6-3;1-4-5-6-7-8-12-10(11)9(2)3/h6,10H,3-5,7-9H2,1-2H3;2,4-8H2,1,3H3. The van der Waals surface area contributed by atoms with Crippen LogP contribution in [-0.2, 0) is 19.1 Å². The maximum Gasteiger partial charge on any atom is 0.333 e. The highest BCUT2D eigenvalue weighted by Gasteiger charge is 2.09. The van der Waals surface area contributed by atoms with Crippen LogP contribution in [0.15, 0.2) is 24.8 Å². The number of hydrogen-bond donors (Lipinski definition) is 0. The first-order valence-corrected chi connectivity index (χ1v) is 9.58. The van der Waals surface area contributed by atoms with E-state index in [1.807, 2.05) is 6.92 Å². The molecule has 0 aliphatic carbocycles. The largest absolute Gasteiger partial charge is 0.462 e. The third-order valence-corrected chi connectivity index (χ3v) is 3.61.